The molecule has 0 atom stereocenters. The molecule has 24 heavy (non-hydrogen) atoms. The molecule has 5 heteroatoms. The predicted molar refractivity (Wildman–Crippen MR) is 91.9 cm³/mol. The van der Waals surface area contributed by atoms with Crippen LogP contribution in [0.5, 0.6) is 11.5 Å². The molecule has 0 radical (unpaired) electrons. The first kappa shape index (κ1) is 15.4. The summed E-state index contributed by atoms with van der Waals surface area (Å²) in [5.74, 6) is 0.381. The van der Waals surface area contributed by atoms with E-state index in [0.29, 0.717) is 5.57 Å². The maximum absolute atomic E-state index is 9.49. The molecule has 0 saturated carbocycles. The number of phenolic OH excluding ortho intramolecular Hbond substituents is 2. The maximum atomic E-state index is 9.49. The fourth-order valence-corrected chi connectivity index (χ4v) is 2.52. The molecule has 1 aromatic heterocycles. The van der Waals surface area contributed by atoms with Crippen LogP contribution in [0.25, 0.3) is 22.7 Å². The minimum atomic E-state index is -0.177. The Labute approximate surface area is 139 Å². The number of aryl methyl sites for hydroxylation is 1. The van der Waals surface area contributed by atoms with Crippen molar-refractivity contribution in [3.05, 3.63) is 66.0 Å². The lowest BCUT2D eigenvalue weighted by atomic mass is 10.1. The number of H-pyrrole nitrogens is 1. The largest absolute Gasteiger partial charge is 0.504 e. The SMILES string of the molecule is C[n+]1c(/C(C#N)=C/C=C/c2ccc(O)c(O)c2)[nH]c2ccccc21. The number of hydrogen-bond donors (Lipinski definition) is 3. The van der Waals surface area contributed by atoms with Crippen LogP contribution in [0.15, 0.2) is 54.6 Å². The normalized spacial score (nSPS) is 11.9. The van der Waals surface area contributed by atoms with Crippen LogP contribution in [0.1, 0.15) is 11.4 Å². The van der Waals surface area contributed by atoms with Crippen molar-refractivity contribution in [3.63, 3.8) is 0 Å². The molecule has 0 bridgehead atoms. The van der Waals surface area contributed by atoms with Gasteiger partial charge in [-0.3, -0.25) is 0 Å². The second kappa shape index (κ2) is 6.31. The van der Waals surface area contributed by atoms with E-state index in [4.69, 9.17) is 0 Å². The Morgan fingerprint density at radius 2 is 1.96 bits per heavy atom. The van der Waals surface area contributed by atoms with Gasteiger partial charge in [-0.2, -0.15) is 5.26 Å². The van der Waals surface area contributed by atoms with Crippen molar-refractivity contribution in [1.82, 2.24) is 4.98 Å². The van der Waals surface area contributed by atoms with Gasteiger partial charge >= 0.3 is 0 Å². The topological polar surface area (TPSA) is 83.9 Å². The maximum Gasteiger partial charge on any atom is 0.298 e. The molecule has 3 rings (SSSR count). The van der Waals surface area contributed by atoms with E-state index < -0.39 is 0 Å². The standard InChI is InChI=1S/C19H15N3O2/c1-22-16-8-3-2-7-15(16)21-19(22)14(12-20)6-4-5-13-9-10-17(23)18(24)11-13/h2-11H,1H3,(H2,21,23,24)/p+1. The molecule has 0 spiro atoms. The summed E-state index contributed by atoms with van der Waals surface area (Å²) in [6, 6.07) is 14.6. The van der Waals surface area contributed by atoms with Gasteiger partial charge in [0, 0.05) is 0 Å². The summed E-state index contributed by atoms with van der Waals surface area (Å²) in [5, 5.41) is 28.2. The van der Waals surface area contributed by atoms with Gasteiger partial charge < -0.3 is 10.2 Å². The molecular formula is C19H16N3O2+. The van der Waals surface area contributed by atoms with Crippen molar-refractivity contribution in [2.75, 3.05) is 0 Å². The summed E-state index contributed by atoms with van der Waals surface area (Å²) in [7, 11) is 1.90. The number of aromatic nitrogens is 2. The quantitative estimate of drug-likeness (QED) is 0.300. The van der Waals surface area contributed by atoms with Crippen LogP contribution in [-0.2, 0) is 7.05 Å². The first-order valence-electron chi connectivity index (χ1n) is 7.37. The van der Waals surface area contributed by atoms with Gasteiger partial charge in [0.05, 0.1) is 7.05 Å². The molecule has 0 fully saturated rings. The number of allylic oxidation sites excluding steroid dienone is 3. The molecule has 0 aliphatic carbocycles. The summed E-state index contributed by atoms with van der Waals surface area (Å²) >= 11 is 0. The molecular weight excluding hydrogens is 302 g/mol. The highest BCUT2D eigenvalue weighted by Gasteiger charge is 2.18. The Hall–Kier alpha value is -3.52. The highest BCUT2D eigenvalue weighted by atomic mass is 16.3. The third-order valence-corrected chi connectivity index (χ3v) is 3.78. The van der Waals surface area contributed by atoms with E-state index in [2.05, 4.69) is 11.1 Å². The zero-order chi connectivity index (χ0) is 17.1. The molecule has 0 amide bonds. The number of phenols is 2. The van der Waals surface area contributed by atoms with Gasteiger partial charge in [0.2, 0.25) is 0 Å². The Balaban J connectivity index is 1.94. The van der Waals surface area contributed by atoms with Gasteiger partial charge in [-0.1, -0.05) is 30.4 Å². The third kappa shape index (κ3) is 2.85. The molecule has 2 aromatic carbocycles. The van der Waals surface area contributed by atoms with E-state index in [1.807, 2.05) is 35.9 Å². The Kier molecular flexibility index (Phi) is 4.04. The van der Waals surface area contributed by atoms with Crippen molar-refractivity contribution in [2.45, 2.75) is 0 Å². The fraction of sp³-hybridized carbons (Fsp3) is 0.0526. The summed E-state index contributed by atoms with van der Waals surface area (Å²) in [6.45, 7) is 0. The van der Waals surface area contributed by atoms with E-state index in [9.17, 15) is 15.5 Å². The van der Waals surface area contributed by atoms with Crippen molar-refractivity contribution < 1.29 is 14.8 Å². The Morgan fingerprint density at radius 1 is 1.17 bits per heavy atom. The summed E-state index contributed by atoms with van der Waals surface area (Å²) in [4.78, 5) is 3.25. The van der Waals surface area contributed by atoms with E-state index in [1.54, 1.807) is 24.3 Å². The zero-order valence-electron chi connectivity index (χ0n) is 13.1. The van der Waals surface area contributed by atoms with E-state index in [1.165, 1.54) is 12.1 Å². The minimum absolute atomic E-state index is 0.162. The molecule has 5 nitrogen and oxygen atoms in total. The summed E-state index contributed by atoms with van der Waals surface area (Å²) in [5.41, 5.74) is 3.19. The molecule has 0 unspecified atom stereocenters. The number of rotatable bonds is 3. The highest BCUT2D eigenvalue weighted by Crippen LogP contribution is 2.25. The van der Waals surface area contributed by atoms with Gasteiger partial charge in [0.15, 0.2) is 22.5 Å². The van der Waals surface area contributed by atoms with Crippen molar-refractivity contribution in [3.8, 4) is 17.6 Å². The molecule has 0 aliphatic heterocycles. The van der Waals surface area contributed by atoms with Crippen molar-refractivity contribution in [2.24, 2.45) is 7.05 Å². The van der Waals surface area contributed by atoms with E-state index in [0.717, 1.165) is 22.4 Å². The highest BCUT2D eigenvalue weighted by molar-refractivity contribution is 5.79. The molecule has 3 N–H and O–H groups in total. The van der Waals surface area contributed by atoms with Gasteiger partial charge in [0.25, 0.3) is 5.82 Å². The van der Waals surface area contributed by atoms with Crippen LogP contribution in [-0.4, -0.2) is 15.2 Å². The second-order valence-corrected chi connectivity index (χ2v) is 5.35. The fourth-order valence-electron chi connectivity index (χ4n) is 2.52. The van der Waals surface area contributed by atoms with E-state index >= 15 is 0 Å². The number of benzene rings is 2. The number of nitriles is 1. The number of aromatic hydroxyl groups is 2. The number of para-hydroxylation sites is 2. The molecule has 0 saturated heterocycles. The van der Waals surface area contributed by atoms with Crippen LogP contribution in [0.4, 0.5) is 0 Å². The van der Waals surface area contributed by atoms with Gasteiger partial charge in [0.1, 0.15) is 11.6 Å². The number of imidazole rings is 1. The van der Waals surface area contributed by atoms with Gasteiger partial charge in [-0.15, -0.1) is 0 Å². The van der Waals surface area contributed by atoms with Crippen LogP contribution >= 0.6 is 0 Å². The lowest BCUT2D eigenvalue weighted by molar-refractivity contribution is -0.647. The summed E-state index contributed by atoms with van der Waals surface area (Å²) < 4.78 is 1.94. The number of hydrogen-bond acceptors (Lipinski definition) is 3. The van der Waals surface area contributed by atoms with Crippen LogP contribution in [0, 0.1) is 11.3 Å². The number of nitrogens with zero attached hydrogens (tertiary/aromatic N) is 2. The van der Waals surface area contributed by atoms with Gasteiger partial charge in [-0.25, -0.2) is 9.55 Å². The zero-order valence-corrected chi connectivity index (χ0v) is 13.1. The van der Waals surface area contributed by atoms with Crippen LogP contribution in [0.2, 0.25) is 0 Å². The first-order valence-corrected chi connectivity index (χ1v) is 7.37. The van der Waals surface area contributed by atoms with E-state index in [-0.39, 0.29) is 11.5 Å². The van der Waals surface area contributed by atoms with Crippen molar-refractivity contribution in [1.29, 1.82) is 5.26 Å². The first-order chi connectivity index (χ1) is 11.6. The Morgan fingerprint density at radius 3 is 2.67 bits per heavy atom. The molecule has 3 aromatic rings. The van der Waals surface area contributed by atoms with Crippen LogP contribution < -0.4 is 4.57 Å². The van der Waals surface area contributed by atoms with Crippen molar-refractivity contribution >= 4 is 22.7 Å². The minimum Gasteiger partial charge on any atom is -0.504 e. The average Bonchev–Trinajstić information content (AvgIpc) is 2.92. The number of nitrogens with one attached hydrogen (secondary N) is 1. The summed E-state index contributed by atoms with van der Waals surface area (Å²) in [6.07, 6.45) is 5.18. The lowest BCUT2D eigenvalue weighted by Gasteiger charge is -1.97. The monoisotopic (exact) mass is 318 g/mol. The Bertz CT molecular complexity index is 1010. The predicted octanol–water partition coefficient (Wildman–Crippen LogP) is 3.02. The second-order valence-electron chi connectivity index (χ2n) is 5.35. The number of fused-ring (bicyclic) bond motifs is 1. The average molecular weight is 318 g/mol. The smallest absolute Gasteiger partial charge is 0.298 e. The molecule has 118 valence electrons. The number of aromatic amines is 1. The molecule has 1 heterocycles. The van der Waals surface area contributed by atoms with Crippen LogP contribution in [0.3, 0.4) is 0 Å². The molecule has 0 aliphatic rings. The lowest BCUT2D eigenvalue weighted by Crippen LogP contribution is -2.31. The van der Waals surface area contributed by atoms with Gasteiger partial charge in [-0.05, 0) is 35.9 Å². The third-order valence-electron chi connectivity index (χ3n) is 3.78.